The zero-order chi connectivity index (χ0) is 22.8. The number of amides is 2. The van der Waals surface area contributed by atoms with Crippen LogP contribution in [0.25, 0.3) is 0 Å². The second-order valence-corrected chi connectivity index (χ2v) is 7.53. The van der Waals surface area contributed by atoms with Crippen molar-refractivity contribution in [3.05, 3.63) is 51.6 Å². The highest BCUT2D eigenvalue weighted by atomic mass is 35.5. The molecular weight excluding hydrogens is 460 g/mol. The molecule has 1 aliphatic heterocycles. The highest BCUT2D eigenvalue weighted by molar-refractivity contribution is 6.33. The van der Waals surface area contributed by atoms with E-state index in [-0.39, 0.29) is 34.7 Å². The molecule has 0 unspecified atom stereocenters. The lowest BCUT2D eigenvalue weighted by Gasteiger charge is -2.35. The number of carbonyl (C=O) groups is 2. The Hall–Kier alpha value is -2.72. The Morgan fingerprint density at radius 3 is 2.39 bits per heavy atom. The number of nitrogens with two attached hydrogens (primary N) is 1. The van der Waals surface area contributed by atoms with Crippen LogP contribution in [-0.2, 0) is 11.0 Å². The molecule has 0 spiro atoms. The fraction of sp³-hybridized carbons (Fsp3) is 0.316. The topological polar surface area (TPSA) is 88.8 Å². The van der Waals surface area contributed by atoms with E-state index in [1.165, 1.54) is 23.1 Å². The van der Waals surface area contributed by atoms with E-state index in [0.717, 1.165) is 12.3 Å². The van der Waals surface area contributed by atoms with E-state index in [1.54, 1.807) is 4.90 Å². The lowest BCUT2D eigenvalue weighted by Crippen LogP contribution is -2.50. The SMILES string of the molecule is NC(=O)c1cc(Cl)ccc1OCC(=O)N1CCN(c2ncc(C(F)(F)F)cc2Cl)CC1. The van der Waals surface area contributed by atoms with Crippen LogP contribution < -0.4 is 15.4 Å². The average molecular weight is 477 g/mol. The quantitative estimate of drug-likeness (QED) is 0.715. The van der Waals surface area contributed by atoms with Crippen molar-refractivity contribution in [3.63, 3.8) is 0 Å². The Bertz CT molecular complexity index is 996. The molecule has 2 amide bonds. The Labute approximate surface area is 185 Å². The smallest absolute Gasteiger partial charge is 0.417 e. The molecule has 12 heteroatoms. The van der Waals surface area contributed by atoms with Crippen LogP contribution in [0, 0.1) is 0 Å². The van der Waals surface area contributed by atoms with Crippen LogP contribution in [0.3, 0.4) is 0 Å². The van der Waals surface area contributed by atoms with Gasteiger partial charge in [0.1, 0.15) is 11.6 Å². The predicted octanol–water partition coefficient (Wildman–Crippen LogP) is 3.23. The van der Waals surface area contributed by atoms with E-state index in [9.17, 15) is 22.8 Å². The highest BCUT2D eigenvalue weighted by Gasteiger charge is 2.32. The van der Waals surface area contributed by atoms with Crippen molar-refractivity contribution in [2.24, 2.45) is 5.73 Å². The second kappa shape index (κ2) is 9.19. The summed E-state index contributed by atoms with van der Waals surface area (Å²) in [6.07, 6.45) is -3.80. The minimum atomic E-state index is -4.53. The van der Waals surface area contributed by atoms with Crippen LogP contribution >= 0.6 is 23.2 Å². The number of anilines is 1. The number of hydrogen-bond acceptors (Lipinski definition) is 5. The van der Waals surface area contributed by atoms with Gasteiger partial charge in [-0.3, -0.25) is 9.59 Å². The summed E-state index contributed by atoms with van der Waals surface area (Å²) in [6, 6.07) is 5.14. The molecule has 2 heterocycles. The van der Waals surface area contributed by atoms with Crippen LogP contribution in [0.4, 0.5) is 19.0 Å². The van der Waals surface area contributed by atoms with E-state index < -0.39 is 17.6 Å². The van der Waals surface area contributed by atoms with Gasteiger partial charge in [0.15, 0.2) is 6.61 Å². The molecule has 31 heavy (non-hydrogen) atoms. The number of halogens is 5. The van der Waals surface area contributed by atoms with Gasteiger partial charge in [-0.15, -0.1) is 0 Å². The molecule has 3 rings (SSSR count). The number of carbonyl (C=O) groups excluding carboxylic acids is 2. The van der Waals surface area contributed by atoms with Crippen molar-refractivity contribution >= 4 is 40.8 Å². The van der Waals surface area contributed by atoms with Crippen molar-refractivity contribution in [1.29, 1.82) is 0 Å². The first-order valence-corrected chi connectivity index (χ1v) is 9.79. The molecule has 1 aromatic heterocycles. The molecule has 0 saturated carbocycles. The number of alkyl halides is 3. The fourth-order valence-corrected chi connectivity index (χ4v) is 3.50. The maximum absolute atomic E-state index is 12.8. The van der Waals surface area contributed by atoms with Crippen molar-refractivity contribution in [2.75, 3.05) is 37.7 Å². The first kappa shape index (κ1) is 23.0. The third-order valence-electron chi connectivity index (χ3n) is 4.64. The van der Waals surface area contributed by atoms with Gasteiger partial charge in [0.2, 0.25) is 0 Å². The van der Waals surface area contributed by atoms with Crippen LogP contribution in [-0.4, -0.2) is 54.5 Å². The number of benzene rings is 1. The third-order valence-corrected chi connectivity index (χ3v) is 5.15. The lowest BCUT2D eigenvalue weighted by molar-refractivity contribution is -0.138. The Kier molecular flexibility index (Phi) is 6.80. The summed E-state index contributed by atoms with van der Waals surface area (Å²) in [6.45, 7) is 0.935. The van der Waals surface area contributed by atoms with Crippen molar-refractivity contribution in [2.45, 2.75) is 6.18 Å². The highest BCUT2D eigenvalue weighted by Crippen LogP contribution is 2.33. The molecule has 0 atom stereocenters. The van der Waals surface area contributed by atoms with Crippen LogP contribution in [0.2, 0.25) is 10.0 Å². The Morgan fingerprint density at radius 1 is 1.13 bits per heavy atom. The van der Waals surface area contributed by atoms with E-state index in [1.807, 2.05) is 0 Å². The van der Waals surface area contributed by atoms with Crippen molar-refractivity contribution in [3.8, 4) is 5.75 Å². The molecule has 2 aromatic rings. The van der Waals surface area contributed by atoms with Gasteiger partial charge in [-0.1, -0.05) is 23.2 Å². The Balaban J connectivity index is 1.58. The molecule has 1 aliphatic rings. The van der Waals surface area contributed by atoms with Crippen molar-refractivity contribution < 1.29 is 27.5 Å². The van der Waals surface area contributed by atoms with Gasteiger partial charge in [0.05, 0.1) is 16.1 Å². The lowest BCUT2D eigenvalue weighted by atomic mass is 10.2. The zero-order valence-corrected chi connectivity index (χ0v) is 17.5. The fourth-order valence-electron chi connectivity index (χ4n) is 3.04. The van der Waals surface area contributed by atoms with Crippen LogP contribution in [0.15, 0.2) is 30.5 Å². The minimum Gasteiger partial charge on any atom is -0.483 e. The number of rotatable bonds is 5. The molecule has 1 fully saturated rings. The first-order valence-electron chi connectivity index (χ1n) is 9.04. The number of nitrogens with zero attached hydrogens (tertiary/aromatic N) is 3. The maximum Gasteiger partial charge on any atom is 0.417 e. The molecule has 0 aliphatic carbocycles. The van der Waals surface area contributed by atoms with Gasteiger partial charge in [0.25, 0.3) is 11.8 Å². The normalized spacial score (nSPS) is 14.5. The molecule has 1 aromatic carbocycles. The van der Waals surface area contributed by atoms with Crippen molar-refractivity contribution in [1.82, 2.24) is 9.88 Å². The van der Waals surface area contributed by atoms with Gasteiger partial charge >= 0.3 is 6.18 Å². The van der Waals surface area contributed by atoms with Gasteiger partial charge in [-0.05, 0) is 24.3 Å². The molecule has 1 saturated heterocycles. The van der Waals surface area contributed by atoms with E-state index in [4.69, 9.17) is 33.7 Å². The monoisotopic (exact) mass is 476 g/mol. The number of ether oxygens (including phenoxy) is 1. The van der Waals surface area contributed by atoms with E-state index in [0.29, 0.717) is 31.2 Å². The first-order chi connectivity index (χ1) is 14.6. The van der Waals surface area contributed by atoms with E-state index >= 15 is 0 Å². The molecule has 7 nitrogen and oxygen atoms in total. The molecule has 166 valence electrons. The standard InChI is InChI=1S/C19H17Cl2F3N4O3/c20-12-1-2-15(13(8-12)17(25)30)31-10-16(29)27-3-5-28(6-4-27)18-14(21)7-11(9-26-18)19(22,23)24/h1-2,7-9H,3-6,10H2,(H2,25,30). The third kappa shape index (κ3) is 5.50. The summed E-state index contributed by atoms with van der Waals surface area (Å²) < 4.78 is 43.7. The maximum atomic E-state index is 12.8. The summed E-state index contributed by atoms with van der Waals surface area (Å²) in [7, 11) is 0. The zero-order valence-electron chi connectivity index (χ0n) is 16.0. The second-order valence-electron chi connectivity index (χ2n) is 6.69. The number of aromatic nitrogens is 1. The summed E-state index contributed by atoms with van der Waals surface area (Å²) in [5.74, 6) is -0.689. The largest absolute Gasteiger partial charge is 0.483 e. The summed E-state index contributed by atoms with van der Waals surface area (Å²) in [4.78, 5) is 31.0. The van der Waals surface area contributed by atoms with Gasteiger partial charge in [-0.25, -0.2) is 4.98 Å². The summed E-state index contributed by atoms with van der Waals surface area (Å²) >= 11 is 11.8. The molecule has 2 N–H and O–H groups in total. The van der Waals surface area contributed by atoms with Crippen LogP contribution in [0.5, 0.6) is 5.75 Å². The molecular formula is C19H17Cl2F3N4O3. The average Bonchev–Trinajstić information content (AvgIpc) is 2.72. The molecule has 0 radical (unpaired) electrons. The van der Waals surface area contributed by atoms with Gasteiger partial charge in [0, 0.05) is 37.4 Å². The number of pyridine rings is 1. The van der Waals surface area contributed by atoms with E-state index in [2.05, 4.69) is 4.98 Å². The molecule has 0 bridgehead atoms. The minimum absolute atomic E-state index is 0.0631. The number of piperazine rings is 1. The predicted molar refractivity (Wildman–Crippen MR) is 109 cm³/mol. The van der Waals surface area contributed by atoms with Gasteiger partial charge < -0.3 is 20.3 Å². The summed E-state index contributed by atoms with van der Waals surface area (Å²) in [5, 5.41) is 0.193. The number of hydrogen-bond donors (Lipinski definition) is 1. The Morgan fingerprint density at radius 2 is 1.81 bits per heavy atom. The van der Waals surface area contributed by atoms with Gasteiger partial charge in [-0.2, -0.15) is 13.2 Å². The number of primary amides is 1. The summed E-state index contributed by atoms with van der Waals surface area (Å²) in [5.41, 5.74) is 4.43. The van der Waals surface area contributed by atoms with Crippen LogP contribution in [0.1, 0.15) is 15.9 Å².